The second-order valence-corrected chi connectivity index (χ2v) is 9.71. The van der Waals surface area contributed by atoms with Crippen LogP contribution in [0, 0.1) is 11.8 Å². The van der Waals surface area contributed by atoms with Gasteiger partial charge >= 0.3 is 0 Å². The molecule has 1 heterocycles. The topological polar surface area (TPSA) is 51.1 Å². The Bertz CT molecular complexity index is 875. The van der Waals surface area contributed by atoms with Crippen molar-refractivity contribution in [3.8, 4) is 5.75 Å². The van der Waals surface area contributed by atoms with E-state index in [2.05, 4.69) is 30.9 Å². The fourth-order valence-electron chi connectivity index (χ4n) is 5.72. The summed E-state index contributed by atoms with van der Waals surface area (Å²) in [7, 11) is 1.68. The van der Waals surface area contributed by atoms with Crippen molar-refractivity contribution in [1.82, 2.24) is 0 Å². The number of methoxy groups -OCH3 is 1. The van der Waals surface area contributed by atoms with Crippen molar-refractivity contribution in [2.24, 2.45) is 16.8 Å². The molecule has 5 heteroatoms. The highest BCUT2D eigenvalue weighted by Gasteiger charge is 2.43. The molecule has 0 radical (unpaired) electrons. The van der Waals surface area contributed by atoms with Crippen molar-refractivity contribution < 1.29 is 14.3 Å². The summed E-state index contributed by atoms with van der Waals surface area (Å²) in [5.41, 5.74) is 2.00. The highest BCUT2D eigenvalue weighted by Crippen LogP contribution is 2.39. The lowest BCUT2D eigenvalue weighted by atomic mass is 9.78. The van der Waals surface area contributed by atoms with E-state index in [0.717, 1.165) is 55.8 Å². The molecular formula is C28H40N2O3. The van der Waals surface area contributed by atoms with Crippen LogP contribution in [0.1, 0.15) is 83.6 Å². The van der Waals surface area contributed by atoms with E-state index >= 15 is 0 Å². The average Bonchev–Trinajstić information content (AvgIpc) is 3.16. The summed E-state index contributed by atoms with van der Waals surface area (Å²) in [6.45, 7) is 6.17. The summed E-state index contributed by atoms with van der Waals surface area (Å²) in [4.78, 5) is 20.9. The number of nitrogens with zero attached hydrogens (tertiary/aromatic N) is 2. The number of hydrogen-bond donors (Lipinski definition) is 0. The SMILES string of the molecule is CCN(CC)c1ccc(C=C2OC(=NC3CCCCC3)C(C3CCCCC3)C2=O)c(OC)c1. The van der Waals surface area contributed by atoms with Gasteiger partial charge in [0, 0.05) is 30.4 Å². The molecule has 33 heavy (non-hydrogen) atoms. The number of Topliss-reactive ketones (excluding diaryl/α,β-unsaturated/α-hetero) is 1. The molecule has 1 aromatic rings. The molecule has 1 aromatic carbocycles. The van der Waals surface area contributed by atoms with Crippen LogP contribution in [0.2, 0.25) is 0 Å². The third-order valence-electron chi connectivity index (χ3n) is 7.64. The Morgan fingerprint density at radius 2 is 1.70 bits per heavy atom. The summed E-state index contributed by atoms with van der Waals surface area (Å²) >= 11 is 0. The number of carbonyl (C=O) groups is 1. The molecule has 0 spiro atoms. The first-order valence-electron chi connectivity index (χ1n) is 13.1. The summed E-state index contributed by atoms with van der Waals surface area (Å²) in [5, 5.41) is 0. The number of carbonyl (C=O) groups excluding carboxylic acids is 1. The summed E-state index contributed by atoms with van der Waals surface area (Å²) in [6, 6.07) is 6.47. The maximum absolute atomic E-state index is 13.6. The lowest BCUT2D eigenvalue weighted by molar-refractivity contribution is -0.118. The Kier molecular flexibility index (Phi) is 8.11. The van der Waals surface area contributed by atoms with E-state index in [1.165, 1.54) is 38.5 Å². The summed E-state index contributed by atoms with van der Waals surface area (Å²) < 4.78 is 12.0. The van der Waals surface area contributed by atoms with Crippen LogP contribution >= 0.6 is 0 Å². The Morgan fingerprint density at radius 3 is 2.33 bits per heavy atom. The minimum absolute atomic E-state index is 0.103. The predicted molar refractivity (Wildman–Crippen MR) is 135 cm³/mol. The number of allylic oxidation sites excluding steroid dienone is 1. The van der Waals surface area contributed by atoms with E-state index in [-0.39, 0.29) is 11.7 Å². The molecule has 0 amide bonds. The van der Waals surface area contributed by atoms with Gasteiger partial charge in [0.1, 0.15) is 11.7 Å². The normalized spacial score (nSPS) is 24.9. The van der Waals surface area contributed by atoms with E-state index < -0.39 is 0 Å². The molecular weight excluding hydrogens is 412 g/mol. The molecule has 0 aromatic heterocycles. The highest BCUT2D eigenvalue weighted by atomic mass is 16.5. The van der Waals surface area contributed by atoms with Crippen LogP contribution in [0.4, 0.5) is 5.69 Å². The first-order valence-corrected chi connectivity index (χ1v) is 13.1. The zero-order valence-corrected chi connectivity index (χ0v) is 20.6. The van der Waals surface area contributed by atoms with Crippen molar-refractivity contribution in [2.75, 3.05) is 25.1 Å². The zero-order valence-electron chi connectivity index (χ0n) is 20.6. The number of rotatable bonds is 7. The number of ketones is 1. The smallest absolute Gasteiger partial charge is 0.210 e. The molecule has 2 aliphatic carbocycles. The van der Waals surface area contributed by atoms with Gasteiger partial charge in [0.2, 0.25) is 11.7 Å². The van der Waals surface area contributed by atoms with E-state index in [4.69, 9.17) is 14.5 Å². The van der Waals surface area contributed by atoms with E-state index in [0.29, 0.717) is 23.6 Å². The highest BCUT2D eigenvalue weighted by molar-refractivity contribution is 6.17. The minimum Gasteiger partial charge on any atom is -0.496 e. The van der Waals surface area contributed by atoms with Gasteiger partial charge in [-0.3, -0.25) is 9.79 Å². The quantitative estimate of drug-likeness (QED) is 0.449. The molecule has 1 saturated heterocycles. The standard InChI is InChI=1S/C28H40N2O3/c1-4-30(5-2)23-17-16-21(24(19-23)32-3)18-25-27(31)26(20-12-8-6-9-13-20)28(33-25)29-22-14-10-7-11-15-22/h16-20,22,26H,4-15H2,1-3H3. The lowest BCUT2D eigenvalue weighted by Gasteiger charge is -2.26. The van der Waals surface area contributed by atoms with Crippen molar-refractivity contribution in [1.29, 1.82) is 0 Å². The van der Waals surface area contributed by atoms with Crippen LogP contribution in [0.15, 0.2) is 29.0 Å². The second-order valence-electron chi connectivity index (χ2n) is 9.71. The van der Waals surface area contributed by atoms with Gasteiger partial charge in [0.25, 0.3) is 0 Å². The molecule has 1 unspecified atom stereocenters. The molecule has 1 aliphatic heterocycles. The molecule has 1 atom stereocenters. The number of aliphatic imine (C=N–C) groups is 1. The van der Waals surface area contributed by atoms with Crippen LogP contribution in [-0.2, 0) is 9.53 Å². The first kappa shape index (κ1) is 23.8. The molecule has 2 saturated carbocycles. The van der Waals surface area contributed by atoms with Gasteiger partial charge in [0.15, 0.2) is 5.76 Å². The monoisotopic (exact) mass is 452 g/mol. The van der Waals surface area contributed by atoms with Gasteiger partial charge in [0.05, 0.1) is 13.2 Å². The average molecular weight is 453 g/mol. The number of benzene rings is 1. The van der Waals surface area contributed by atoms with Gasteiger partial charge in [-0.2, -0.15) is 0 Å². The van der Waals surface area contributed by atoms with Crippen molar-refractivity contribution in [3.05, 3.63) is 29.5 Å². The molecule has 0 N–H and O–H groups in total. The van der Waals surface area contributed by atoms with Crippen molar-refractivity contribution >= 4 is 23.4 Å². The van der Waals surface area contributed by atoms with Crippen molar-refractivity contribution in [2.45, 2.75) is 84.1 Å². The number of anilines is 1. The van der Waals surface area contributed by atoms with Crippen LogP contribution in [0.3, 0.4) is 0 Å². The summed E-state index contributed by atoms with van der Waals surface area (Å²) in [5.74, 6) is 2.12. The van der Waals surface area contributed by atoms with E-state index in [1.54, 1.807) is 7.11 Å². The second kappa shape index (κ2) is 11.2. The van der Waals surface area contributed by atoms with Gasteiger partial charge in [-0.1, -0.05) is 38.5 Å². The van der Waals surface area contributed by atoms with Crippen LogP contribution in [0.5, 0.6) is 5.75 Å². The Labute approximate surface area is 199 Å². The maximum atomic E-state index is 13.6. The molecule has 180 valence electrons. The number of hydrogen-bond acceptors (Lipinski definition) is 5. The molecule has 5 nitrogen and oxygen atoms in total. The van der Waals surface area contributed by atoms with E-state index in [1.807, 2.05) is 12.1 Å². The predicted octanol–water partition coefficient (Wildman–Crippen LogP) is 6.41. The van der Waals surface area contributed by atoms with Crippen LogP contribution in [-0.4, -0.2) is 37.9 Å². The Hall–Kier alpha value is -2.30. The molecule has 0 bridgehead atoms. The van der Waals surface area contributed by atoms with E-state index in [9.17, 15) is 4.79 Å². The fourth-order valence-corrected chi connectivity index (χ4v) is 5.72. The summed E-state index contributed by atoms with van der Waals surface area (Å²) in [6.07, 6.45) is 13.7. The third kappa shape index (κ3) is 5.44. The van der Waals surface area contributed by atoms with Gasteiger partial charge in [-0.15, -0.1) is 0 Å². The van der Waals surface area contributed by atoms with Crippen molar-refractivity contribution in [3.63, 3.8) is 0 Å². The Morgan fingerprint density at radius 1 is 1.03 bits per heavy atom. The molecule has 3 fully saturated rings. The lowest BCUT2D eigenvalue weighted by Crippen LogP contribution is -2.28. The van der Waals surface area contributed by atoms with Gasteiger partial charge in [-0.25, -0.2) is 0 Å². The van der Waals surface area contributed by atoms with Gasteiger partial charge in [-0.05, 0) is 63.7 Å². The largest absolute Gasteiger partial charge is 0.496 e. The molecule has 3 aliphatic rings. The van der Waals surface area contributed by atoms with Crippen LogP contribution in [0.25, 0.3) is 6.08 Å². The first-order chi connectivity index (χ1) is 16.1. The fraction of sp³-hybridized carbons (Fsp3) is 0.643. The zero-order chi connectivity index (χ0) is 23.2. The Balaban J connectivity index is 1.64. The minimum atomic E-state index is -0.209. The van der Waals surface area contributed by atoms with Gasteiger partial charge < -0.3 is 14.4 Å². The number of ether oxygens (including phenoxy) is 2. The van der Waals surface area contributed by atoms with Crippen LogP contribution < -0.4 is 9.64 Å². The molecule has 4 rings (SSSR count). The third-order valence-corrected chi connectivity index (χ3v) is 7.64. The maximum Gasteiger partial charge on any atom is 0.210 e.